The van der Waals surface area contributed by atoms with Gasteiger partial charge in [-0.05, 0) is 31.0 Å². The minimum atomic E-state index is 0. The predicted octanol–water partition coefficient (Wildman–Crippen LogP) is 3.01. The molecule has 1 atom stereocenters. The molecule has 3 rings (SSSR count). The minimum absolute atomic E-state index is 0. The number of para-hydroxylation sites is 1. The third-order valence-corrected chi connectivity index (χ3v) is 3.06. The Labute approximate surface area is 95.5 Å². The highest BCUT2D eigenvalue weighted by Crippen LogP contribution is 2.29. The van der Waals surface area contributed by atoms with Crippen molar-refractivity contribution in [1.82, 2.24) is 10.3 Å². The van der Waals surface area contributed by atoms with Gasteiger partial charge in [-0.3, -0.25) is 0 Å². The van der Waals surface area contributed by atoms with Crippen molar-refractivity contribution in [2.24, 2.45) is 0 Å². The zero-order valence-corrected chi connectivity index (χ0v) is 9.31. The Morgan fingerprint density at radius 1 is 1.20 bits per heavy atom. The van der Waals surface area contributed by atoms with Gasteiger partial charge in [0.05, 0.1) is 0 Å². The summed E-state index contributed by atoms with van der Waals surface area (Å²) >= 11 is 0. The van der Waals surface area contributed by atoms with E-state index in [4.69, 9.17) is 0 Å². The molecule has 80 valence electrons. The van der Waals surface area contributed by atoms with Gasteiger partial charge >= 0.3 is 0 Å². The summed E-state index contributed by atoms with van der Waals surface area (Å²) in [7, 11) is 0. The Balaban J connectivity index is 0.000000853. The van der Waals surface area contributed by atoms with Crippen molar-refractivity contribution >= 4 is 23.3 Å². The molecule has 0 saturated carbocycles. The van der Waals surface area contributed by atoms with Crippen LogP contribution in [0, 0.1) is 0 Å². The highest BCUT2D eigenvalue weighted by molar-refractivity contribution is 5.85. The lowest BCUT2D eigenvalue weighted by Gasteiger charge is -2.07. The average molecular weight is 223 g/mol. The van der Waals surface area contributed by atoms with Crippen molar-refractivity contribution in [3.63, 3.8) is 0 Å². The van der Waals surface area contributed by atoms with Crippen LogP contribution in [0.15, 0.2) is 30.5 Å². The fourth-order valence-corrected chi connectivity index (χ4v) is 2.33. The summed E-state index contributed by atoms with van der Waals surface area (Å²) in [5.74, 6) is 0. The van der Waals surface area contributed by atoms with Gasteiger partial charge in [0.1, 0.15) is 0 Å². The highest BCUT2D eigenvalue weighted by Gasteiger charge is 2.18. The van der Waals surface area contributed by atoms with Crippen LogP contribution in [-0.2, 0) is 0 Å². The molecule has 0 spiro atoms. The molecule has 1 aliphatic heterocycles. The van der Waals surface area contributed by atoms with Crippen LogP contribution in [0.5, 0.6) is 0 Å². The van der Waals surface area contributed by atoms with E-state index in [2.05, 4.69) is 40.8 Å². The largest absolute Gasteiger partial charge is 0.361 e. The van der Waals surface area contributed by atoms with Gasteiger partial charge in [0.25, 0.3) is 0 Å². The summed E-state index contributed by atoms with van der Waals surface area (Å²) in [5.41, 5.74) is 2.68. The molecule has 1 aromatic carbocycles. The summed E-state index contributed by atoms with van der Waals surface area (Å²) < 4.78 is 0. The van der Waals surface area contributed by atoms with Gasteiger partial charge in [-0.1, -0.05) is 18.2 Å². The van der Waals surface area contributed by atoms with E-state index in [0.717, 1.165) is 6.54 Å². The van der Waals surface area contributed by atoms with Gasteiger partial charge < -0.3 is 10.3 Å². The molecule has 0 aliphatic carbocycles. The van der Waals surface area contributed by atoms with Crippen molar-refractivity contribution < 1.29 is 0 Å². The normalized spacial score (nSPS) is 20.4. The lowest BCUT2D eigenvalue weighted by Crippen LogP contribution is -2.12. The van der Waals surface area contributed by atoms with E-state index in [1.165, 1.54) is 29.3 Å². The Morgan fingerprint density at radius 3 is 2.87 bits per heavy atom. The van der Waals surface area contributed by atoms with Crippen LogP contribution in [0.25, 0.3) is 10.9 Å². The van der Waals surface area contributed by atoms with Crippen molar-refractivity contribution in [2.45, 2.75) is 18.9 Å². The van der Waals surface area contributed by atoms with Crippen LogP contribution < -0.4 is 5.32 Å². The van der Waals surface area contributed by atoms with Crippen molar-refractivity contribution in [3.8, 4) is 0 Å². The van der Waals surface area contributed by atoms with Crippen LogP contribution in [0.1, 0.15) is 24.4 Å². The van der Waals surface area contributed by atoms with E-state index < -0.39 is 0 Å². The molecule has 2 N–H and O–H groups in total. The third-order valence-electron chi connectivity index (χ3n) is 3.06. The first kappa shape index (κ1) is 10.5. The second-order valence-electron chi connectivity index (χ2n) is 3.94. The van der Waals surface area contributed by atoms with Gasteiger partial charge in [0.2, 0.25) is 0 Å². The van der Waals surface area contributed by atoms with Crippen LogP contribution in [0.4, 0.5) is 0 Å². The quantitative estimate of drug-likeness (QED) is 0.763. The molecule has 1 saturated heterocycles. The predicted molar refractivity (Wildman–Crippen MR) is 65.5 cm³/mol. The van der Waals surface area contributed by atoms with Crippen molar-refractivity contribution in [1.29, 1.82) is 0 Å². The molecule has 0 radical (unpaired) electrons. The first-order valence-electron chi connectivity index (χ1n) is 5.24. The lowest BCUT2D eigenvalue weighted by atomic mass is 10.0. The summed E-state index contributed by atoms with van der Waals surface area (Å²) in [6.07, 6.45) is 4.71. The number of hydrogen-bond donors (Lipinski definition) is 2. The number of fused-ring (bicyclic) bond motifs is 1. The van der Waals surface area contributed by atoms with Crippen LogP contribution in [0.2, 0.25) is 0 Å². The van der Waals surface area contributed by atoms with Gasteiger partial charge in [-0.15, -0.1) is 12.4 Å². The number of aromatic nitrogens is 1. The molecule has 0 amide bonds. The molecule has 0 unspecified atom stereocenters. The maximum atomic E-state index is 3.53. The molecule has 1 fully saturated rings. The Hall–Kier alpha value is -0.990. The molecule has 2 heterocycles. The standard InChI is InChI=1S/C12H14N2.ClH/c1-2-5-11-9(4-1)10(8-14-11)12-6-3-7-13-12;/h1-2,4-5,8,12-14H,3,6-7H2;1H/t12-;/m1./s1. The lowest BCUT2D eigenvalue weighted by molar-refractivity contribution is 0.652. The van der Waals surface area contributed by atoms with Crippen LogP contribution >= 0.6 is 12.4 Å². The van der Waals surface area contributed by atoms with Crippen LogP contribution in [0.3, 0.4) is 0 Å². The number of nitrogens with one attached hydrogen (secondary N) is 2. The number of benzene rings is 1. The summed E-state index contributed by atoms with van der Waals surface area (Å²) in [6.45, 7) is 1.16. The zero-order valence-electron chi connectivity index (χ0n) is 8.49. The van der Waals surface area contributed by atoms with Gasteiger partial charge in [-0.2, -0.15) is 0 Å². The van der Waals surface area contributed by atoms with Gasteiger partial charge in [0.15, 0.2) is 0 Å². The summed E-state index contributed by atoms with van der Waals surface area (Å²) in [5, 5.41) is 4.90. The summed E-state index contributed by atoms with van der Waals surface area (Å²) in [6, 6.07) is 9.07. The molecule has 3 heteroatoms. The summed E-state index contributed by atoms with van der Waals surface area (Å²) in [4.78, 5) is 3.33. The molecule has 1 aliphatic rings. The smallest absolute Gasteiger partial charge is 0.0457 e. The van der Waals surface area contributed by atoms with E-state index in [9.17, 15) is 0 Å². The van der Waals surface area contributed by atoms with E-state index in [1.807, 2.05) is 0 Å². The number of hydrogen-bond acceptors (Lipinski definition) is 1. The van der Waals surface area contributed by atoms with Crippen molar-refractivity contribution in [2.75, 3.05) is 6.54 Å². The molecule has 2 aromatic rings. The molecule has 1 aromatic heterocycles. The zero-order chi connectivity index (χ0) is 9.38. The number of halogens is 1. The van der Waals surface area contributed by atoms with Gasteiger partial charge in [-0.25, -0.2) is 0 Å². The number of rotatable bonds is 1. The SMILES string of the molecule is Cl.c1ccc2c([C@H]3CCCN3)c[nH]c2c1. The Kier molecular flexibility index (Phi) is 2.98. The fraction of sp³-hybridized carbons (Fsp3) is 0.333. The molecule has 0 bridgehead atoms. The highest BCUT2D eigenvalue weighted by atomic mass is 35.5. The minimum Gasteiger partial charge on any atom is -0.361 e. The topological polar surface area (TPSA) is 27.8 Å². The van der Waals surface area contributed by atoms with E-state index in [0.29, 0.717) is 6.04 Å². The first-order chi connectivity index (χ1) is 6.95. The second-order valence-corrected chi connectivity index (χ2v) is 3.94. The average Bonchev–Trinajstić information content (AvgIpc) is 2.85. The van der Waals surface area contributed by atoms with E-state index in [1.54, 1.807) is 0 Å². The number of H-pyrrole nitrogens is 1. The molecule has 15 heavy (non-hydrogen) atoms. The van der Waals surface area contributed by atoms with E-state index in [-0.39, 0.29) is 12.4 Å². The van der Waals surface area contributed by atoms with Crippen LogP contribution in [-0.4, -0.2) is 11.5 Å². The Morgan fingerprint density at radius 2 is 2.07 bits per heavy atom. The molecular formula is C12H15ClN2. The Bertz CT molecular complexity index is 444. The fourth-order valence-electron chi connectivity index (χ4n) is 2.33. The van der Waals surface area contributed by atoms with Crippen molar-refractivity contribution in [3.05, 3.63) is 36.0 Å². The van der Waals surface area contributed by atoms with Gasteiger partial charge in [0, 0.05) is 23.1 Å². The molecule has 2 nitrogen and oxygen atoms in total. The first-order valence-corrected chi connectivity index (χ1v) is 5.24. The maximum absolute atomic E-state index is 3.53. The maximum Gasteiger partial charge on any atom is 0.0457 e. The second kappa shape index (κ2) is 4.25. The third kappa shape index (κ3) is 1.75. The monoisotopic (exact) mass is 222 g/mol. The molecular weight excluding hydrogens is 208 g/mol. The van der Waals surface area contributed by atoms with E-state index >= 15 is 0 Å². The number of aromatic amines is 1.